The van der Waals surface area contributed by atoms with Gasteiger partial charge in [0.15, 0.2) is 0 Å². The highest BCUT2D eigenvalue weighted by Gasteiger charge is 2.23. The number of hydrogen-bond donors (Lipinski definition) is 1. The topological polar surface area (TPSA) is 47.6 Å². The number of anilines is 1. The zero-order valence-electron chi connectivity index (χ0n) is 12.4. The van der Waals surface area contributed by atoms with Crippen LogP contribution in [-0.4, -0.2) is 31.8 Å². The van der Waals surface area contributed by atoms with E-state index in [0.717, 1.165) is 16.8 Å². The van der Waals surface area contributed by atoms with Gasteiger partial charge in [-0.1, -0.05) is 19.1 Å². The van der Waals surface area contributed by atoms with Crippen LogP contribution in [0.4, 0.5) is 5.69 Å². The zero-order valence-corrected chi connectivity index (χ0v) is 12.4. The molecule has 0 radical (unpaired) electrons. The van der Waals surface area contributed by atoms with Crippen LogP contribution in [0.3, 0.4) is 0 Å². The van der Waals surface area contributed by atoms with E-state index < -0.39 is 0 Å². The van der Waals surface area contributed by atoms with Gasteiger partial charge < -0.3 is 14.8 Å². The molecule has 1 saturated heterocycles. The predicted octanol–water partition coefficient (Wildman–Crippen LogP) is 2.68. The summed E-state index contributed by atoms with van der Waals surface area (Å²) in [4.78, 5) is 12.1. The van der Waals surface area contributed by atoms with Crippen LogP contribution in [0.25, 0.3) is 0 Å². The lowest BCUT2D eigenvalue weighted by molar-refractivity contribution is -0.125. The standard InChI is InChI=1S/C16H23NO3/c1-11-4-5-12(2)14(8-11)17-16(18)9-13(3)15-10-19-6-7-20-15/h4-5,8,13,15H,6-7,9-10H2,1-3H3,(H,17,18). The third-order valence-electron chi connectivity index (χ3n) is 3.65. The Kier molecular flexibility index (Phi) is 5.15. The predicted molar refractivity (Wildman–Crippen MR) is 78.9 cm³/mol. The minimum Gasteiger partial charge on any atom is -0.376 e. The number of aryl methyl sites for hydroxylation is 2. The summed E-state index contributed by atoms with van der Waals surface area (Å²) in [6.07, 6.45) is 0.467. The Hall–Kier alpha value is -1.39. The van der Waals surface area contributed by atoms with Gasteiger partial charge >= 0.3 is 0 Å². The zero-order chi connectivity index (χ0) is 14.5. The Morgan fingerprint density at radius 1 is 1.40 bits per heavy atom. The molecule has 0 spiro atoms. The van der Waals surface area contributed by atoms with Crippen molar-refractivity contribution in [3.8, 4) is 0 Å². The van der Waals surface area contributed by atoms with E-state index in [1.54, 1.807) is 0 Å². The fourth-order valence-corrected chi connectivity index (χ4v) is 2.33. The lowest BCUT2D eigenvalue weighted by atomic mass is 10.00. The molecule has 0 aromatic heterocycles. The average molecular weight is 277 g/mol. The van der Waals surface area contributed by atoms with E-state index >= 15 is 0 Å². The molecule has 4 nitrogen and oxygen atoms in total. The monoisotopic (exact) mass is 277 g/mol. The summed E-state index contributed by atoms with van der Waals surface area (Å²) in [5.41, 5.74) is 3.11. The number of rotatable bonds is 4. The van der Waals surface area contributed by atoms with Crippen LogP contribution in [0.5, 0.6) is 0 Å². The van der Waals surface area contributed by atoms with Crippen LogP contribution in [0, 0.1) is 19.8 Å². The Morgan fingerprint density at radius 2 is 2.20 bits per heavy atom. The molecule has 1 N–H and O–H groups in total. The van der Waals surface area contributed by atoms with E-state index in [1.807, 2.05) is 39.0 Å². The molecule has 0 saturated carbocycles. The molecule has 2 unspecified atom stereocenters. The number of nitrogens with one attached hydrogen (secondary N) is 1. The van der Waals surface area contributed by atoms with Gasteiger partial charge in [-0.3, -0.25) is 4.79 Å². The lowest BCUT2D eigenvalue weighted by Crippen LogP contribution is -2.35. The van der Waals surface area contributed by atoms with Crippen LogP contribution in [0.2, 0.25) is 0 Å². The molecular formula is C16H23NO3. The summed E-state index contributed by atoms with van der Waals surface area (Å²) >= 11 is 0. The van der Waals surface area contributed by atoms with Crippen molar-refractivity contribution < 1.29 is 14.3 Å². The molecule has 1 aromatic carbocycles. The van der Waals surface area contributed by atoms with Crippen molar-refractivity contribution in [2.24, 2.45) is 5.92 Å². The molecule has 1 amide bonds. The van der Waals surface area contributed by atoms with Gasteiger partial charge in [0.2, 0.25) is 5.91 Å². The van der Waals surface area contributed by atoms with Crippen LogP contribution in [-0.2, 0) is 14.3 Å². The molecule has 4 heteroatoms. The second kappa shape index (κ2) is 6.86. The Bertz CT molecular complexity index is 467. The van der Waals surface area contributed by atoms with Crippen molar-refractivity contribution in [3.05, 3.63) is 29.3 Å². The van der Waals surface area contributed by atoms with Gasteiger partial charge in [0.05, 0.1) is 25.9 Å². The van der Waals surface area contributed by atoms with Crippen molar-refractivity contribution in [1.29, 1.82) is 0 Å². The van der Waals surface area contributed by atoms with Gasteiger partial charge in [0.1, 0.15) is 0 Å². The number of ether oxygens (including phenoxy) is 2. The molecule has 1 fully saturated rings. The highest BCUT2D eigenvalue weighted by Crippen LogP contribution is 2.19. The Balaban J connectivity index is 1.89. The van der Waals surface area contributed by atoms with E-state index in [1.165, 1.54) is 0 Å². The quantitative estimate of drug-likeness (QED) is 0.920. The maximum Gasteiger partial charge on any atom is 0.224 e. The van der Waals surface area contributed by atoms with Gasteiger partial charge in [-0.05, 0) is 37.0 Å². The summed E-state index contributed by atoms with van der Waals surface area (Å²) in [5.74, 6) is 0.181. The SMILES string of the molecule is Cc1ccc(C)c(NC(=O)CC(C)C2COCCO2)c1. The van der Waals surface area contributed by atoms with Gasteiger partial charge in [-0.25, -0.2) is 0 Å². The van der Waals surface area contributed by atoms with Crippen LogP contribution in [0.1, 0.15) is 24.5 Å². The number of hydrogen-bond acceptors (Lipinski definition) is 3. The first-order chi connectivity index (χ1) is 9.56. The number of benzene rings is 1. The molecule has 1 aliphatic heterocycles. The summed E-state index contributed by atoms with van der Waals surface area (Å²) in [7, 11) is 0. The van der Waals surface area contributed by atoms with Crippen molar-refractivity contribution in [3.63, 3.8) is 0 Å². The molecule has 2 atom stereocenters. The fourth-order valence-electron chi connectivity index (χ4n) is 2.33. The van der Waals surface area contributed by atoms with Crippen LogP contribution >= 0.6 is 0 Å². The van der Waals surface area contributed by atoms with Crippen molar-refractivity contribution in [2.75, 3.05) is 25.1 Å². The third kappa shape index (κ3) is 4.05. The fraction of sp³-hybridized carbons (Fsp3) is 0.562. The van der Waals surface area contributed by atoms with Crippen molar-refractivity contribution in [2.45, 2.75) is 33.3 Å². The Labute approximate surface area is 120 Å². The first kappa shape index (κ1) is 15.0. The molecule has 0 bridgehead atoms. The van der Waals surface area contributed by atoms with E-state index in [-0.39, 0.29) is 17.9 Å². The summed E-state index contributed by atoms with van der Waals surface area (Å²) in [6, 6.07) is 6.06. The number of carbonyl (C=O) groups excluding carboxylic acids is 1. The first-order valence-electron chi connectivity index (χ1n) is 7.12. The van der Waals surface area contributed by atoms with E-state index in [2.05, 4.69) is 5.32 Å². The molecule has 1 aliphatic rings. The van der Waals surface area contributed by atoms with Gasteiger partial charge in [-0.2, -0.15) is 0 Å². The smallest absolute Gasteiger partial charge is 0.224 e. The highest BCUT2D eigenvalue weighted by molar-refractivity contribution is 5.91. The second-order valence-electron chi connectivity index (χ2n) is 5.53. The minimum absolute atomic E-state index is 0.0214. The normalized spacial score (nSPS) is 20.4. The number of carbonyl (C=O) groups is 1. The van der Waals surface area contributed by atoms with Gasteiger partial charge in [0.25, 0.3) is 0 Å². The third-order valence-corrected chi connectivity index (χ3v) is 3.65. The van der Waals surface area contributed by atoms with E-state index in [0.29, 0.717) is 26.2 Å². The van der Waals surface area contributed by atoms with Crippen molar-refractivity contribution in [1.82, 2.24) is 0 Å². The largest absolute Gasteiger partial charge is 0.376 e. The summed E-state index contributed by atoms with van der Waals surface area (Å²) < 4.78 is 11.0. The average Bonchev–Trinajstić information content (AvgIpc) is 2.43. The summed E-state index contributed by atoms with van der Waals surface area (Å²) in [5, 5.41) is 2.99. The molecule has 2 rings (SSSR count). The molecule has 0 aliphatic carbocycles. The first-order valence-corrected chi connectivity index (χ1v) is 7.12. The number of amides is 1. The van der Waals surface area contributed by atoms with Crippen LogP contribution < -0.4 is 5.32 Å². The summed E-state index contributed by atoms with van der Waals surface area (Å²) in [6.45, 7) is 7.90. The van der Waals surface area contributed by atoms with Crippen LogP contribution in [0.15, 0.2) is 18.2 Å². The van der Waals surface area contributed by atoms with E-state index in [4.69, 9.17) is 9.47 Å². The maximum absolute atomic E-state index is 12.1. The van der Waals surface area contributed by atoms with E-state index in [9.17, 15) is 4.79 Å². The molecule has 1 heterocycles. The maximum atomic E-state index is 12.1. The van der Waals surface area contributed by atoms with Gasteiger partial charge in [0, 0.05) is 12.1 Å². The second-order valence-corrected chi connectivity index (χ2v) is 5.53. The molecule has 20 heavy (non-hydrogen) atoms. The Morgan fingerprint density at radius 3 is 2.90 bits per heavy atom. The molecule has 1 aromatic rings. The van der Waals surface area contributed by atoms with Gasteiger partial charge in [-0.15, -0.1) is 0 Å². The van der Waals surface area contributed by atoms with Crippen molar-refractivity contribution >= 4 is 11.6 Å². The minimum atomic E-state index is 0.0214. The lowest BCUT2D eigenvalue weighted by Gasteiger charge is -2.27. The molecule has 110 valence electrons. The molecular weight excluding hydrogens is 254 g/mol. The highest BCUT2D eigenvalue weighted by atomic mass is 16.6.